The SMILES string of the molecule is C.CC(C)(C)C1CC1C(C)(C)C. The second-order valence-corrected chi connectivity index (χ2v) is 6.18. The van der Waals surface area contributed by atoms with Crippen LogP contribution >= 0.6 is 0 Å². The third-order valence-corrected chi connectivity index (χ3v) is 3.02. The molecule has 1 aliphatic rings. The van der Waals surface area contributed by atoms with Gasteiger partial charge in [-0.15, -0.1) is 0 Å². The van der Waals surface area contributed by atoms with Gasteiger partial charge in [0, 0.05) is 0 Å². The van der Waals surface area contributed by atoms with E-state index in [4.69, 9.17) is 0 Å². The summed E-state index contributed by atoms with van der Waals surface area (Å²) in [5.41, 5.74) is 1.08. The molecule has 12 heavy (non-hydrogen) atoms. The van der Waals surface area contributed by atoms with E-state index in [9.17, 15) is 0 Å². The van der Waals surface area contributed by atoms with Crippen LogP contribution in [0.4, 0.5) is 0 Å². The summed E-state index contributed by atoms with van der Waals surface area (Å²) < 4.78 is 0. The fourth-order valence-electron chi connectivity index (χ4n) is 2.11. The molecular formula is C12H26. The molecule has 2 unspecified atom stereocenters. The van der Waals surface area contributed by atoms with E-state index in [2.05, 4.69) is 41.5 Å². The summed E-state index contributed by atoms with van der Waals surface area (Å²) in [6.07, 6.45) is 1.45. The van der Waals surface area contributed by atoms with Crippen molar-refractivity contribution in [1.82, 2.24) is 0 Å². The van der Waals surface area contributed by atoms with Gasteiger partial charge in [-0.05, 0) is 29.1 Å². The van der Waals surface area contributed by atoms with Crippen molar-refractivity contribution in [1.29, 1.82) is 0 Å². The minimum atomic E-state index is 0. The quantitative estimate of drug-likeness (QED) is 0.507. The lowest BCUT2D eigenvalue weighted by molar-refractivity contribution is 0.254. The van der Waals surface area contributed by atoms with E-state index in [0.717, 1.165) is 11.8 Å². The second-order valence-electron chi connectivity index (χ2n) is 6.18. The van der Waals surface area contributed by atoms with E-state index in [1.165, 1.54) is 6.42 Å². The summed E-state index contributed by atoms with van der Waals surface area (Å²) in [7, 11) is 0. The van der Waals surface area contributed by atoms with E-state index in [-0.39, 0.29) is 7.43 Å². The highest BCUT2D eigenvalue weighted by Gasteiger charge is 2.50. The van der Waals surface area contributed by atoms with Gasteiger partial charge in [-0.25, -0.2) is 0 Å². The van der Waals surface area contributed by atoms with Crippen LogP contribution in [0.3, 0.4) is 0 Å². The van der Waals surface area contributed by atoms with Gasteiger partial charge in [0.25, 0.3) is 0 Å². The first-order chi connectivity index (χ1) is 4.73. The Morgan fingerprint density at radius 3 is 1.08 bits per heavy atom. The van der Waals surface area contributed by atoms with Crippen LogP contribution in [0.2, 0.25) is 0 Å². The van der Waals surface area contributed by atoms with Crippen molar-refractivity contribution in [3.05, 3.63) is 0 Å². The molecule has 1 rings (SSSR count). The van der Waals surface area contributed by atoms with Crippen molar-refractivity contribution in [2.24, 2.45) is 22.7 Å². The predicted molar refractivity (Wildman–Crippen MR) is 57.2 cm³/mol. The van der Waals surface area contributed by atoms with Gasteiger partial charge < -0.3 is 0 Å². The summed E-state index contributed by atoms with van der Waals surface area (Å²) in [4.78, 5) is 0. The largest absolute Gasteiger partial charge is 0.0776 e. The molecule has 1 fully saturated rings. The summed E-state index contributed by atoms with van der Waals surface area (Å²) in [5.74, 6) is 1.95. The minimum Gasteiger partial charge on any atom is -0.0776 e. The van der Waals surface area contributed by atoms with Crippen LogP contribution in [0.15, 0.2) is 0 Å². The normalized spacial score (nSPS) is 29.5. The summed E-state index contributed by atoms with van der Waals surface area (Å²) >= 11 is 0. The van der Waals surface area contributed by atoms with Gasteiger partial charge in [-0.3, -0.25) is 0 Å². The fraction of sp³-hybridized carbons (Fsp3) is 1.00. The van der Waals surface area contributed by atoms with E-state index in [0.29, 0.717) is 10.8 Å². The maximum absolute atomic E-state index is 2.36. The molecule has 0 amide bonds. The molecule has 1 aliphatic carbocycles. The molecule has 0 aliphatic heterocycles. The molecule has 0 heteroatoms. The van der Waals surface area contributed by atoms with Crippen LogP contribution in [0.1, 0.15) is 55.4 Å². The molecule has 0 bridgehead atoms. The average Bonchev–Trinajstić information content (AvgIpc) is 2.30. The topological polar surface area (TPSA) is 0 Å². The smallest absolute Gasteiger partial charge is 0.0329 e. The molecule has 1 saturated carbocycles. The Bertz CT molecular complexity index is 124. The van der Waals surface area contributed by atoms with Crippen LogP contribution in [0, 0.1) is 22.7 Å². The van der Waals surface area contributed by atoms with Crippen molar-refractivity contribution in [3.8, 4) is 0 Å². The Morgan fingerprint density at radius 1 is 0.750 bits per heavy atom. The molecule has 74 valence electrons. The molecule has 0 aromatic rings. The highest BCUT2D eigenvalue weighted by atomic mass is 14.5. The Hall–Kier alpha value is 0. The zero-order valence-electron chi connectivity index (χ0n) is 8.86. The van der Waals surface area contributed by atoms with Gasteiger partial charge in [-0.2, -0.15) is 0 Å². The van der Waals surface area contributed by atoms with Crippen molar-refractivity contribution in [3.63, 3.8) is 0 Å². The van der Waals surface area contributed by atoms with Crippen molar-refractivity contribution < 1.29 is 0 Å². The monoisotopic (exact) mass is 170 g/mol. The van der Waals surface area contributed by atoms with E-state index < -0.39 is 0 Å². The van der Waals surface area contributed by atoms with Crippen LogP contribution in [0.25, 0.3) is 0 Å². The highest BCUT2D eigenvalue weighted by molar-refractivity contribution is 4.99. The van der Waals surface area contributed by atoms with Gasteiger partial charge in [-0.1, -0.05) is 49.0 Å². The van der Waals surface area contributed by atoms with Crippen LogP contribution < -0.4 is 0 Å². The molecule has 0 aromatic carbocycles. The van der Waals surface area contributed by atoms with E-state index in [1.807, 2.05) is 0 Å². The van der Waals surface area contributed by atoms with Gasteiger partial charge in [0.05, 0.1) is 0 Å². The predicted octanol–water partition coefficient (Wildman–Crippen LogP) is 4.35. The zero-order valence-corrected chi connectivity index (χ0v) is 8.86. The van der Waals surface area contributed by atoms with Crippen molar-refractivity contribution >= 4 is 0 Å². The maximum Gasteiger partial charge on any atom is -0.0329 e. The molecule has 0 saturated heterocycles. The Kier molecular flexibility index (Phi) is 3.05. The van der Waals surface area contributed by atoms with Crippen LogP contribution in [0.5, 0.6) is 0 Å². The molecule has 0 aromatic heterocycles. The molecule has 0 spiro atoms. The van der Waals surface area contributed by atoms with Crippen molar-refractivity contribution in [2.75, 3.05) is 0 Å². The first-order valence-corrected chi connectivity index (χ1v) is 4.73. The lowest BCUT2D eigenvalue weighted by atomic mass is 9.81. The van der Waals surface area contributed by atoms with Gasteiger partial charge in [0.2, 0.25) is 0 Å². The first kappa shape index (κ1) is 12.0. The van der Waals surface area contributed by atoms with E-state index in [1.54, 1.807) is 0 Å². The first-order valence-electron chi connectivity index (χ1n) is 4.73. The molecule has 2 atom stereocenters. The van der Waals surface area contributed by atoms with Gasteiger partial charge in [0.15, 0.2) is 0 Å². The third-order valence-electron chi connectivity index (χ3n) is 3.02. The Balaban J connectivity index is 0.00000121. The van der Waals surface area contributed by atoms with Crippen molar-refractivity contribution in [2.45, 2.75) is 55.4 Å². The lowest BCUT2D eigenvalue weighted by Crippen LogP contribution is -2.16. The molecule has 0 radical (unpaired) electrons. The number of rotatable bonds is 0. The lowest BCUT2D eigenvalue weighted by Gasteiger charge is -2.24. The van der Waals surface area contributed by atoms with E-state index >= 15 is 0 Å². The average molecular weight is 170 g/mol. The maximum atomic E-state index is 2.36. The highest BCUT2D eigenvalue weighted by Crippen LogP contribution is 2.58. The standard InChI is InChI=1S/C11H22.CH4/c1-10(2,3)8-7-9(8)11(4,5)6;/h8-9H,7H2,1-6H3;1H4. The number of hydrogen-bond donors (Lipinski definition) is 0. The van der Waals surface area contributed by atoms with Gasteiger partial charge >= 0.3 is 0 Å². The molecule has 0 heterocycles. The minimum absolute atomic E-state index is 0. The Labute approximate surface area is 78.8 Å². The summed E-state index contributed by atoms with van der Waals surface area (Å²) in [6.45, 7) is 14.2. The molecule has 0 nitrogen and oxygen atoms in total. The molecular weight excluding hydrogens is 144 g/mol. The van der Waals surface area contributed by atoms with Crippen LogP contribution in [-0.4, -0.2) is 0 Å². The second kappa shape index (κ2) is 3.05. The van der Waals surface area contributed by atoms with Crippen LogP contribution in [-0.2, 0) is 0 Å². The summed E-state index contributed by atoms with van der Waals surface area (Å²) in [6, 6.07) is 0. The van der Waals surface area contributed by atoms with Gasteiger partial charge in [0.1, 0.15) is 0 Å². The fourth-order valence-corrected chi connectivity index (χ4v) is 2.11. The Morgan fingerprint density at radius 2 is 1.00 bits per heavy atom. The number of hydrogen-bond acceptors (Lipinski definition) is 0. The summed E-state index contributed by atoms with van der Waals surface area (Å²) in [5, 5.41) is 0. The third kappa shape index (κ3) is 2.50. The molecule has 0 N–H and O–H groups in total. The zero-order chi connectivity index (χ0) is 8.86.